The molecule has 5 aromatic rings. The maximum absolute atomic E-state index is 4.65. The van der Waals surface area contributed by atoms with Crippen LogP contribution in [0.5, 0.6) is 0 Å². The fourth-order valence-electron chi connectivity index (χ4n) is 4.43. The summed E-state index contributed by atoms with van der Waals surface area (Å²) in [6.07, 6.45) is 14.9. The molecule has 0 amide bonds. The van der Waals surface area contributed by atoms with Gasteiger partial charge in [-0.25, -0.2) is 0 Å². The molecule has 0 radical (unpaired) electrons. The minimum atomic E-state index is 0.730. The molecule has 0 fully saturated rings. The average molecular weight is 503 g/mol. The molecule has 0 aliphatic rings. The van der Waals surface area contributed by atoms with Crippen LogP contribution in [-0.2, 0) is 0 Å². The Kier molecular flexibility index (Phi) is 6.97. The van der Waals surface area contributed by atoms with Crippen molar-refractivity contribution >= 4 is 34.3 Å². The molecule has 8 heteroatoms. The van der Waals surface area contributed by atoms with Gasteiger partial charge >= 0.3 is 0 Å². The molecule has 190 valence electrons. The largest absolute Gasteiger partial charge is 0.357 e. The maximum atomic E-state index is 4.65. The lowest BCUT2D eigenvalue weighted by Gasteiger charge is -2.14. The van der Waals surface area contributed by atoms with E-state index in [1.54, 1.807) is 12.4 Å². The fraction of sp³-hybridized carbons (Fsp3) is 0.133. The number of pyridine rings is 3. The van der Waals surface area contributed by atoms with Gasteiger partial charge in [0.25, 0.3) is 0 Å². The van der Waals surface area contributed by atoms with Gasteiger partial charge in [0, 0.05) is 64.3 Å². The fourth-order valence-corrected chi connectivity index (χ4v) is 4.43. The van der Waals surface area contributed by atoms with Crippen molar-refractivity contribution in [3.05, 3.63) is 96.4 Å². The number of H-pyrrole nitrogens is 2. The minimum absolute atomic E-state index is 0.730. The van der Waals surface area contributed by atoms with Crippen molar-refractivity contribution in [2.45, 2.75) is 6.92 Å². The second-order valence-corrected chi connectivity index (χ2v) is 9.36. The Morgan fingerprint density at radius 2 is 1.89 bits per heavy atom. The van der Waals surface area contributed by atoms with Crippen LogP contribution in [0.3, 0.4) is 0 Å². The number of rotatable bonds is 8. The second-order valence-electron chi connectivity index (χ2n) is 9.36. The van der Waals surface area contributed by atoms with Gasteiger partial charge in [-0.15, -0.1) is 0 Å². The Hall–Kier alpha value is -4.82. The summed E-state index contributed by atoms with van der Waals surface area (Å²) < 4.78 is 0. The van der Waals surface area contributed by atoms with Gasteiger partial charge in [0.1, 0.15) is 5.69 Å². The molecule has 8 nitrogen and oxygen atoms in total. The van der Waals surface area contributed by atoms with E-state index in [1.165, 1.54) is 0 Å². The van der Waals surface area contributed by atoms with Gasteiger partial charge in [-0.05, 0) is 50.9 Å². The molecular weight excluding hydrogens is 472 g/mol. The summed E-state index contributed by atoms with van der Waals surface area (Å²) in [5.74, 6) is 0. The highest BCUT2D eigenvalue weighted by Crippen LogP contribution is 2.30. The Morgan fingerprint density at radius 3 is 2.66 bits per heavy atom. The van der Waals surface area contributed by atoms with Crippen molar-refractivity contribution in [1.82, 2.24) is 35.0 Å². The molecule has 0 aliphatic carbocycles. The molecule has 3 N–H and O–H groups in total. The number of hydrogen-bond acceptors (Lipinski definition) is 6. The predicted octanol–water partition coefficient (Wildman–Crippen LogP) is 4.19. The third kappa shape index (κ3) is 5.16. The number of hydrogen-bond donors (Lipinski definition) is 3. The topological polar surface area (TPSA) is 98.4 Å². The zero-order chi connectivity index (χ0) is 26.6. The number of aromatic nitrogens is 6. The highest BCUT2D eigenvalue weighted by Gasteiger charge is 2.13. The van der Waals surface area contributed by atoms with Crippen LogP contribution in [0.1, 0.15) is 12.5 Å². The van der Waals surface area contributed by atoms with Crippen LogP contribution in [0.4, 0.5) is 5.69 Å². The number of fused-ring (bicyclic) bond motifs is 1. The van der Waals surface area contributed by atoms with Gasteiger partial charge in [-0.1, -0.05) is 25.3 Å². The lowest BCUT2D eigenvalue weighted by atomic mass is 10.1. The SMILES string of the molecule is C=C(CN(C)C)Nc1cncc(C(=C)/C=c2/c(-c3cc4c(-c5cccnc5)cncc4[nH]3)n[nH]/c2=C/C)c1. The number of nitrogens with zero attached hydrogens (tertiary/aromatic N) is 5. The van der Waals surface area contributed by atoms with Crippen LogP contribution >= 0.6 is 0 Å². The van der Waals surface area contributed by atoms with Crippen LogP contribution < -0.4 is 15.9 Å². The third-order valence-electron chi connectivity index (χ3n) is 6.15. The standard InChI is InChI=1S/C30H30N8/c1-6-27-25(10-19(2)22-11-23(15-32-14-22)34-20(3)18-38(4)5)30(37-36-27)28-12-24-26(16-33-17-29(24)35-28)21-8-7-9-31-13-21/h6-17,34-36H,2-3,18H2,1,4-5H3/b25-10+,27-6+. The van der Waals surface area contributed by atoms with E-state index in [2.05, 4.69) is 59.6 Å². The minimum Gasteiger partial charge on any atom is -0.357 e. The van der Waals surface area contributed by atoms with Gasteiger partial charge < -0.3 is 15.2 Å². The molecular formula is C30H30N8. The Balaban J connectivity index is 1.53. The van der Waals surface area contributed by atoms with Crippen molar-refractivity contribution in [1.29, 1.82) is 0 Å². The molecule has 0 saturated carbocycles. The van der Waals surface area contributed by atoms with Crippen molar-refractivity contribution in [2.24, 2.45) is 0 Å². The third-order valence-corrected chi connectivity index (χ3v) is 6.15. The zero-order valence-corrected chi connectivity index (χ0v) is 21.8. The van der Waals surface area contributed by atoms with E-state index in [1.807, 2.05) is 76.2 Å². The summed E-state index contributed by atoms with van der Waals surface area (Å²) >= 11 is 0. The highest BCUT2D eigenvalue weighted by molar-refractivity contribution is 5.97. The summed E-state index contributed by atoms with van der Waals surface area (Å²) in [6.45, 7) is 11.1. The van der Waals surface area contributed by atoms with E-state index < -0.39 is 0 Å². The van der Waals surface area contributed by atoms with E-state index in [0.717, 1.165) is 73.1 Å². The molecule has 0 saturated heterocycles. The van der Waals surface area contributed by atoms with E-state index in [4.69, 9.17) is 0 Å². The molecule has 5 aromatic heterocycles. The summed E-state index contributed by atoms with van der Waals surface area (Å²) in [6, 6.07) is 8.09. The smallest absolute Gasteiger partial charge is 0.116 e. The predicted molar refractivity (Wildman–Crippen MR) is 155 cm³/mol. The number of nitrogens with one attached hydrogen (secondary N) is 3. The van der Waals surface area contributed by atoms with E-state index in [9.17, 15) is 0 Å². The first-order valence-corrected chi connectivity index (χ1v) is 12.3. The average Bonchev–Trinajstić information content (AvgIpc) is 3.52. The van der Waals surface area contributed by atoms with Crippen molar-refractivity contribution in [3.8, 4) is 22.5 Å². The molecule has 5 heterocycles. The van der Waals surface area contributed by atoms with E-state index >= 15 is 0 Å². The first-order valence-electron chi connectivity index (χ1n) is 12.3. The summed E-state index contributed by atoms with van der Waals surface area (Å²) in [7, 11) is 4.01. The van der Waals surface area contributed by atoms with E-state index in [-0.39, 0.29) is 0 Å². The quantitative estimate of drug-likeness (QED) is 0.294. The van der Waals surface area contributed by atoms with Gasteiger partial charge in [0.15, 0.2) is 0 Å². The summed E-state index contributed by atoms with van der Waals surface area (Å²) in [5.41, 5.74) is 8.11. The van der Waals surface area contributed by atoms with E-state index in [0.29, 0.717) is 0 Å². The lowest BCUT2D eigenvalue weighted by Crippen LogP contribution is -2.23. The Bertz CT molecular complexity index is 1740. The molecule has 0 bridgehead atoms. The first-order chi connectivity index (χ1) is 18.4. The molecule has 0 aromatic carbocycles. The van der Waals surface area contributed by atoms with Gasteiger partial charge in [0.2, 0.25) is 0 Å². The molecule has 0 unspecified atom stereocenters. The number of allylic oxidation sites excluding steroid dienone is 1. The van der Waals surface area contributed by atoms with Crippen LogP contribution in [-0.4, -0.2) is 55.7 Å². The van der Waals surface area contributed by atoms with Crippen molar-refractivity contribution in [2.75, 3.05) is 26.0 Å². The monoisotopic (exact) mass is 502 g/mol. The van der Waals surface area contributed by atoms with Crippen molar-refractivity contribution in [3.63, 3.8) is 0 Å². The van der Waals surface area contributed by atoms with Gasteiger partial charge in [0.05, 0.1) is 34.6 Å². The number of likely N-dealkylation sites (N-methyl/N-ethyl adjacent to an activating group) is 1. The van der Waals surface area contributed by atoms with Crippen LogP contribution in [0, 0.1) is 0 Å². The number of anilines is 1. The van der Waals surface area contributed by atoms with Crippen LogP contribution in [0.25, 0.3) is 51.1 Å². The molecule has 5 rings (SSSR count). The normalized spacial score (nSPS) is 12.4. The summed E-state index contributed by atoms with van der Waals surface area (Å²) in [4.78, 5) is 18.7. The molecule has 0 aliphatic heterocycles. The molecule has 0 spiro atoms. The Labute approximate surface area is 221 Å². The van der Waals surface area contributed by atoms with Gasteiger partial charge in [-0.3, -0.25) is 20.1 Å². The second kappa shape index (κ2) is 10.7. The zero-order valence-electron chi connectivity index (χ0n) is 21.8. The lowest BCUT2D eigenvalue weighted by molar-refractivity contribution is 0.447. The molecule has 0 atom stereocenters. The maximum Gasteiger partial charge on any atom is 0.116 e. The van der Waals surface area contributed by atoms with Crippen molar-refractivity contribution < 1.29 is 0 Å². The Morgan fingerprint density at radius 1 is 1.05 bits per heavy atom. The van der Waals surface area contributed by atoms with Gasteiger partial charge in [-0.2, -0.15) is 5.10 Å². The van der Waals surface area contributed by atoms with Crippen LogP contribution in [0.2, 0.25) is 0 Å². The molecule has 38 heavy (non-hydrogen) atoms. The summed E-state index contributed by atoms with van der Waals surface area (Å²) in [5, 5.41) is 14.0. The number of aromatic amines is 2. The van der Waals surface area contributed by atoms with Crippen LogP contribution in [0.15, 0.2) is 80.3 Å². The first kappa shape index (κ1) is 24.9. The highest BCUT2D eigenvalue weighted by atomic mass is 15.1.